The molecule has 0 aliphatic heterocycles. The average Bonchev–Trinajstić information content (AvgIpc) is 2.69. The standard InChI is InChI=1S/C10H8ClFN2OS/c11-5-6(12)9(15)14-10-13-7-3-1-2-4-8(7)16-10/h1-4,6H,5H2,(H,13,14,15)/t6-/m1/s1. The summed E-state index contributed by atoms with van der Waals surface area (Å²) in [4.78, 5) is 15.4. The van der Waals surface area contributed by atoms with Gasteiger partial charge in [-0.2, -0.15) is 0 Å². The molecule has 1 atom stereocenters. The van der Waals surface area contributed by atoms with E-state index in [1.54, 1.807) is 0 Å². The molecule has 3 nitrogen and oxygen atoms in total. The van der Waals surface area contributed by atoms with Crippen molar-refractivity contribution in [1.29, 1.82) is 0 Å². The van der Waals surface area contributed by atoms with Crippen LogP contribution in [-0.2, 0) is 4.79 Å². The minimum absolute atomic E-state index is 0.350. The second-order valence-corrected chi connectivity index (χ2v) is 4.44. The summed E-state index contributed by atoms with van der Waals surface area (Å²) in [7, 11) is 0. The van der Waals surface area contributed by atoms with Gasteiger partial charge in [0.15, 0.2) is 11.3 Å². The third-order valence-corrected chi connectivity index (χ3v) is 3.17. The molecule has 1 amide bonds. The summed E-state index contributed by atoms with van der Waals surface area (Å²) >= 11 is 6.54. The molecule has 1 heterocycles. The SMILES string of the molecule is O=C(Nc1nc2ccccc2s1)[C@H](F)CCl. The van der Waals surface area contributed by atoms with Crippen molar-refractivity contribution in [1.82, 2.24) is 4.98 Å². The van der Waals surface area contributed by atoms with Crippen LogP contribution in [0.1, 0.15) is 0 Å². The van der Waals surface area contributed by atoms with Crippen LogP contribution < -0.4 is 5.32 Å². The monoisotopic (exact) mass is 258 g/mol. The lowest BCUT2D eigenvalue weighted by Crippen LogP contribution is -2.25. The van der Waals surface area contributed by atoms with Crippen molar-refractivity contribution in [2.75, 3.05) is 11.2 Å². The number of halogens is 2. The summed E-state index contributed by atoms with van der Waals surface area (Å²) in [6.45, 7) is 0. The Morgan fingerprint density at radius 1 is 1.56 bits per heavy atom. The minimum atomic E-state index is -1.70. The highest BCUT2D eigenvalue weighted by molar-refractivity contribution is 7.22. The van der Waals surface area contributed by atoms with E-state index in [4.69, 9.17) is 11.6 Å². The van der Waals surface area contributed by atoms with Crippen LogP contribution in [0.3, 0.4) is 0 Å². The fourth-order valence-corrected chi connectivity index (χ4v) is 2.19. The first kappa shape index (κ1) is 11.3. The van der Waals surface area contributed by atoms with E-state index < -0.39 is 12.1 Å². The van der Waals surface area contributed by atoms with Gasteiger partial charge in [0.1, 0.15) is 0 Å². The number of thiazole rings is 1. The average molecular weight is 259 g/mol. The molecule has 84 valence electrons. The van der Waals surface area contributed by atoms with E-state index in [0.29, 0.717) is 5.13 Å². The second kappa shape index (κ2) is 4.76. The molecular weight excluding hydrogens is 251 g/mol. The number of nitrogens with zero attached hydrogens (tertiary/aromatic N) is 1. The number of benzene rings is 1. The van der Waals surface area contributed by atoms with Crippen LogP contribution in [0, 0.1) is 0 Å². The number of carbonyl (C=O) groups is 1. The van der Waals surface area contributed by atoms with Gasteiger partial charge in [0.2, 0.25) is 0 Å². The van der Waals surface area contributed by atoms with Crippen molar-refractivity contribution >= 4 is 44.2 Å². The van der Waals surface area contributed by atoms with Gasteiger partial charge in [0.05, 0.1) is 16.1 Å². The van der Waals surface area contributed by atoms with Gasteiger partial charge in [-0.25, -0.2) is 9.37 Å². The highest BCUT2D eigenvalue weighted by Gasteiger charge is 2.17. The van der Waals surface area contributed by atoms with Gasteiger partial charge < -0.3 is 0 Å². The Hall–Kier alpha value is -1.20. The van der Waals surface area contributed by atoms with Gasteiger partial charge in [-0.05, 0) is 12.1 Å². The number of carbonyl (C=O) groups excluding carboxylic acids is 1. The number of rotatable bonds is 3. The number of hydrogen-bond donors (Lipinski definition) is 1. The van der Waals surface area contributed by atoms with E-state index in [-0.39, 0.29) is 5.88 Å². The van der Waals surface area contributed by atoms with Crippen LogP contribution in [0.4, 0.5) is 9.52 Å². The van der Waals surface area contributed by atoms with Crippen molar-refractivity contribution in [2.45, 2.75) is 6.17 Å². The predicted octanol–water partition coefficient (Wildman–Crippen LogP) is 2.81. The zero-order valence-corrected chi connectivity index (χ0v) is 9.69. The van der Waals surface area contributed by atoms with Crippen molar-refractivity contribution in [3.8, 4) is 0 Å². The molecule has 2 aromatic rings. The number of hydrogen-bond acceptors (Lipinski definition) is 3. The number of para-hydroxylation sites is 1. The topological polar surface area (TPSA) is 42.0 Å². The second-order valence-electron chi connectivity index (χ2n) is 3.10. The highest BCUT2D eigenvalue weighted by Crippen LogP contribution is 2.25. The number of nitrogens with one attached hydrogen (secondary N) is 1. The largest absolute Gasteiger partial charge is 0.299 e. The van der Waals surface area contributed by atoms with E-state index in [0.717, 1.165) is 10.2 Å². The number of aromatic nitrogens is 1. The van der Waals surface area contributed by atoms with Crippen LogP contribution in [0.5, 0.6) is 0 Å². The van der Waals surface area contributed by atoms with Crippen molar-refractivity contribution in [2.24, 2.45) is 0 Å². The molecule has 0 radical (unpaired) electrons. The lowest BCUT2D eigenvalue weighted by atomic mass is 10.3. The lowest BCUT2D eigenvalue weighted by Gasteiger charge is -2.02. The molecule has 0 spiro atoms. The lowest BCUT2D eigenvalue weighted by molar-refractivity contribution is -0.120. The van der Waals surface area contributed by atoms with Gasteiger partial charge in [-0.15, -0.1) is 11.6 Å². The van der Waals surface area contributed by atoms with Crippen molar-refractivity contribution in [3.63, 3.8) is 0 Å². The number of fused-ring (bicyclic) bond motifs is 1. The molecule has 1 aromatic carbocycles. The zero-order valence-electron chi connectivity index (χ0n) is 8.11. The molecule has 16 heavy (non-hydrogen) atoms. The predicted molar refractivity (Wildman–Crippen MR) is 63.9 cm³/mol. The maximum absolute atomic E-state index is 12.9. The van der Waals surface area contributed by atoms with E-state index in [1.807, 2.05) is 24.3 Å². The van der Waals surface area contributed by atoms with Crippen LogP contribution in [0.15, 0.2) is 24.3 Å². The first-order valence-electron chi connectivity index (χ1n) is 4.57. The molecule has 1 N–H and O–H groups in total. The van der Waals surface area contributed by atoms with Crippen LogP contribution in [0.25, 0.3) is 10.2 Å². The summed E-state index contributed by atoms with van der Waals surface area (Å²) in [6, 6.07) is 7.44. The first-order chi connectivity index (χ1) is 7.70. The number of alkyl halides is 2. The van der Waals surface area contributed by atoms with Gasteiger partial charge in [-0.3, -0.25) is 10.1 Å². The summed E-state index contributed by atoms with van der Waals surface area (Å²) in [5.74, 6) is -1.11. The maximum atomic E-state index is 12.9. The summed E-state index contributed by atoms with van der Waals surface area (Å²) in [6.07, 6.45) is -1.70. The first-order valence-corrected chi connectivity index (χ1v) is 5.92. The Bertz CT molecular complexity index is 483. The van der Waals surface area contributed by atoms with E-state index >= 15 is 0 Å². The smallest absolute Gasteiger partial charge is 0.261 e. The van der Waals surface area contributed by atoms with E-state index in [1.165, 1.54) is 11.3 Å². The fourth-order valence-electron chi connectivity index (χ4n) is 1.18. The molecule has 2 rings (SSSR count). The molecule has 0 fully saturated rings. The molecule has 0 bridgehead atoms. The fraction of sp³-hybridized carbons (Fsp3) is 0.200. The van der Waals surface area contributed by atoms with Gasteiger partial charge >= 0.3 is 0 Å². The van der Waals surface area contributed by atoms with Crippen LogP contribution in [0.2, 0.25) is 0 Å². The Balaban J connectivity index is 2.18. The van der Waals surface area contributed by atoms with Crippen LogP contribution >= 0.6 is 22.9 Å². The molecule has 0 aliphatic carbocycles. The maximum Gasteiger partial charge on any atom is 0.261 e. The molecule has 6 heteroatoms. The van der Waals surface area contributed by atoms with Crippen LogP contribution in [-0.4, -0.2) is 22.9 Å². The Morgan fingerprint density at radius 2 is 2.31 bits per heavy atom. The minimum Gasteiger partial charge on any atom is -0.299 e. The highest BCUT2D eigenvalue weighted by atomic mass is 35.5. The molecule has 0 aliphatic rings. The zero-order chi connectivity index (χ0) is 11.5. The Morgan fingerprint density at radius 3 is 3.00 bits per heavy atom. The Labute approximate surface area is 100 Å². The van der Waals surface area contributed by atoms with Gasteiger partial charge in [-0.1, -0.05) is 23.5 Å². The van der Waals surface area contributed by atoms with Gasteiger partial charge in [0, 0.05) is 0 Å². The molecular formula is C10H8ClFN2OS. The normalized spacial score (nSPS) is 12.6. The van der Waals surface area contributed by atoms with E-state index in [2.05, 4.69) is 10.3 Å². The Kier molecular flexibility index (Phi) is 3.36. The van der Waals surface area contributed by atoms with Crippen molar-refractivity contribution < 1.29 is 9.18 Å². The quantitative estimate of drug-likeness (QED) is 0.861. The summed E-state index contributed by atoms with van der Waals surface area (Å²) in [5.41, 5.74) is 0.782. The summed E-state index contributed by atoms with van der Waals surface area (Å²) < 4.78 is 13.8. The van der Waals surface area contributed by atoms with E-state index in [9.17, 15) is 9.18 Å². The molecule has 0 saturated carbocycles. The number of amides is 1. The van der Waals surface area contributed by atoms with Gasteiger partial charge in [0.25, 0.3) is 5.91 Å². The molecule has 0 saturated heterocycles. The third kappa shape index (κ3) is 2.31. The summed E-state index contributed by atoms with van der Waals surface area (Å²) in [5, 5.41) is 2.78. The molecule has 0 unspecified atom stereocenters. The molecule has 1 aromatic heterocycles. The number of anilines is 1. The third-order valence-electron chi connectivity index (χ3n) is 1.94. The van der Waals surface area contributed by atoms with Crippen molar-refractivity contribution in [3.05, 3.63) is 24.3 Å².